The minimum Gasteiger partial charge on any atom is -0.491 e. The van der Waals surface area contributed by atoms with E-state index in [4.69, 9.17) is 15.2 Å². The summed E-state index contributed by atoms with van der Waals surface area (Å²) in [4.78, 5) is 15.2. The zero-order valence-electron chi connectivity index (χ0n) is 10.8. The van der Waals surface area contributed by atoms with Gasteiger partial charge >= 0.3 is 12.3 Å². The topological polar surface area (TPSA) is 83.7 Å². The number of nitrogens with two attached hydrogens (primary N) is 1. The number of alkyl halides is 3. The smallest absolute Gasteiger partial charge is 0.491 e. The SMILES string of the molecule is CCOC(=O)c1cc(OC)c(OC(F)(F)F)nc1CN. The summed E-state index contributed by atoms with van der Waals surface area (Å²) >= 11 is 0. The predicted molar refractivity (Wildman–Crippen MR) is 61.3 cm³/mol. The monoisotopic (exact) mass is 294 g/mol. The molecule has 9 heteroatoms. The summed E-state index contributed by atoms with van der Waals surface area (Å²) in [5.74, 6) is -1.91. The highest BCUT2D eigenvalue weighted by Gasteiger charge is 2.34. The van der Waals surface area contributed by atoms with Crippen molar-refractivity contribution in [2.45, 2.75) is 19.8 Å². The molecule has 6 nitrogen and oxygen atoms in total. The molecular formula is C11H13F3N2O4. The highest BCUT2D eigenvalue weighted by molar-refractivity contribution is 5.91. The van der Waals surface area contributed by atoms with E-state index in [0.29, 0.717) is 0 Å². The molecule has 0 bridgehead atoms. The number of nitrogens with zero attached hydrogens (tertiary/aromatic N) is 1. The van der Waals surface area contributed by atoms with Gasteiger partial charge in [0.15, 0.2) is 5.75 Å². The van der Waals surface area contributed by atoms with E-state index in [1.54, 1.807) is 6.92 Å². The maximum Gasteiger partial charge on any atom is 0.574 e. The lowest BCUT2D eigenvalue weighted by Gasteiger charge is -2.14. The van der Waals surface area contributed by atoms with Crippen molar-refractivity contribution >= 4 is 5.97 Å². The van der Waals surface area contributed by atoms with Crippen LogP contribution in [0, 0.1) is 0 Å². The Balaban J connectivity index is 3.26. The molecule has 0 saturated heterocycles. The highest BCUT2D eigenvalue weighted by Crippen LogP contribution is 2.32. The first-order valence-electron chi connectivity index (χ1n) is 5.53. The third kappa shape index (κ3) is 3.98. The number of hydrogen-bond donors (Lipinski definition) is 1. The van der Waals surface area contributed by atoms with Crippen molar-refractivity contribution in [1.82, 2.24) is 4.98 Å². The van der Waals surface area contributed by atoms with Crippen LogP contribution in [-0.2, 0) is 11.3 Å². The lowest BCUT2D eigenvalue weighted by molar-refractivity contribution is -0.276. The van der Waals surface area contributed by atoms with Crippen molar-refractivity contribution in [3.63, 3.8) is 0 Å². The van der Waals surface area contributed by atoms with Crippen LogP contribution >= 0.6 is 0 Å². The second kappa shape index (κ2) is 6.42. The van der Waals surface area contributed by atoms with Crippen LogP contribution < -0.4 is 15.2 Å². The first-order chi connectivity index (χ1) is 9.32. The number of carbonyl (C=O) groups excluding carboxylic acids is 1. The standard InChI is InChI=1S/C11H13F3N2O4/c1-3-19-10(17)6-4-8(18-2)9(16-7(6)5-15)20-11(12,13)14/h4H,3,5,15H2,1-2H3. The van der Waals surface area contributed by atoms with Crippen molar-refractivity contribution in [2.24, 2.45) is 5.73 Å². The summed E-state index contributed by atoms with van der Waals surface area (Å²) in [6, 6.07) is 1.05. The van der Waals surface area contributed by atoms with Gasteiger partial charge in [-0.2, -0.15) is 0 Å². The number of methoxy groups -OCH3 is 1. The van der Waals surface area contributed by atoms with E-state index < -0.39 is 18.2 Å². The minimum absolute atomic E-state index is 0.0688. The van der Waals surface area contributed by atoms with E-state index in [1.165, 1.54) is 0 Å². The molecule has 0 radical (unpaired) electrons. The van der Waals surface area contributed by atoms with E-state index in [1.807, 2.05) is 0 Å². The maximum absolute atomic E-state index is 12.2. The van der Waals surface area contributed by atoms with Gasteiger partial charge in [-0.05, 0) is 6.92 Å². The Bertz CT molecular complexity index is 491. The van der Waals surface area contributed by atoms with Crippen molar-refractivity contribution in [3.8, 4) is 11.6 Å². The first kappa shape index (κ1) is 16.0. The molecule has 112 valence electrons. The zero-order valence-corrected chi connectivity index (χ0v) is 10.8. The highest BCUT2D eigenvalue weighted by atomic mass is 19.4. The van der Waals surface area contributed by atoms with Crippen LogP contribution in [-0.4, -0.2) is 31.0 Å². The lowest BCUT2D eigenvalue weighted by Crippen LogP contribution is -2.20. The van der Waals surface area contributed by atoms with Gasteiger partial charge in [-0.3, -0.25) is 0 Å². The van der Waals surface area contributed by atoms with E-state index in [9.17, 15) is 18.0 Å². The third-order valence-electron chi connectivity index (χ3n) is 2.15. The Morgan fingerprint density at radius 1 is 1.45 bits per heavy atom. The largest absolute Gasteiger partial charge is 0.574 e. The summed E-state index contributed by atoms with van der Waals surface area (Å²) in [5, 5.41) is 0. The van der Waals surface area contributed by atoms with Crippen LogP contribution in [0.4, 0.5) is 13.2 Å². The summed E-state index contributed by atoms with van der Waals surface area (Å²) in [6.45, 7) is 1.43. The van der Waals surface area contributed by atoms with E-state index in [2.05, 4.69) is 9.72 Å². The van der Waals surface area contributed by atoms with Gasteiger partial charge in [-0.15, -0.1) is 13.2 Å². The fourth-order valence-electron chi connectivity index (χ4n) is 1.38. The average Bonchev–Trinajstić information content (AvgIpc) is 2.36. The Morgan fingerprint density at radius 3 is 2.55 bits per heavy atom. The lowest BCUT2D eigenvalue weighted by atomic mass is 10.2. The molecule has 0 atom stereocenters. The fourth-order valence-corrected chi connectivity index (χ4v) is 1.38. The number of pyridine rings is 1. The molecule has 0 unspecified atom stereocenters. The van der Waals surface area contributed by atoms with E-state index in [0.717, 1.165) is 13.2 Å². The number of halogens is 3. The number of carbonyl (C=O) groups is 1. The first-order valence-corrected chi connectivity index (χ1v) is 5.53. The molecule has 20 heavy (non-hydrogen) atoms. The van der Waals surface area contributed by atoms with Gasteiger partial charge in [0.2, 0.25) is 0 Å². The fraction of sp³-hybridized carbons (Fsp3) is 0.455. The van der Waals surface area contributed by atoms with Crippen LogP contribution in [0.3, 0.4) is 0 Å². The molecule has 1 aromatic rings. The Morgan fingerprint density at radius 2 is 2.10 bits per heavy atom. The van der Waals surface area contributed by atoms with E-state index >= 15 is 0 Å². The molecule has 0 aliphatic heterocycles. The maximum atomic E-state index is 12.2. The molecule has 0 amide bonds. The van der Waals surface area contributed by atoms with Gasteiger partial charge in [0.1, 0.15) is 0 Å². The van der Waals surface area contributed by atoms with E-state index in [-0.39, 0.29) is 30.2 Å². The Kier molecular flexibility index (Phi) is 5.14. The molecule has 1 heterocycles. The molecule has 0 aromatic carbocycles. The average molecular weight is 294 g/mol. The molecular weight excluding hydrogens is 281 g/mol. The summed E-state index contributed by atoms with van der Waals surface area (Å²) in [7, 11) is 1.12. The molecule has 0 saturated carbocycles. The van der Waals surface area contributed by atoms with Crippen LogP contribution in [0.5, 0.6) is 11.6 Å². The van der Waals surface area contributed by atoms with Gasteiger partial charge in [0.05, 0.1) is 25.0 Å². The molecule has 2 N–H and O–H groups in total. The molecule has 0 aliphatic rings. The third-order valence-corrected chi connectivity index (χ3v) is 2.15. The second-order valence-corrected chi connectivity index (χ2v) is 3.46. The Labute approximate surface area is 112 Å². The number of rotatable bonds is 5. The number of hydrogen-bond acceptors (Lipinski definition) is 6. The normalized spacial score (nSPS) is 11.1. The number of ether oxygens (including phenoxy) is 3. The van der Waals surface area contributed by atoms with Gasteiger partial charge in [-0.1, -0.05) is 0 Å². The second-order valence-electron chi connectivity index (χ2n) is 3.46. The van der Waals surface area contributed by atoms with Crippen LogP contribution in [0.2, 0.25) is 0 Å². The minimum atomic E-state index is -4.93. The summed E-state index contributed by atoms with van der Waals surface area (Å²) in [5.41, 5.74) is 5.21. The Hall–Kier alpha value is -2.03. The summed E-state index contributed by atoms with van der Waals surface area (Å²) < 4.78 is 49.9. The quantitative estimate of drug-likeness (QED) is 0.831. The van der Waals surface area contributed by atoms with Crippen molar-refractivity contribution < 1.29 is 32.2 Å². The van der Waals surface area contributed by atoms with Crippen LogP contribution in [0.25, 0.3) is 0 Å². The van der Waals surface area contributed by atoms with Crippen LogP contribution in [0.15, 0.2) is 6.07 Å². The molecule has 0 fully saturated rings. The zero-order chi connectivity index (χ0) is 15.3. The molecule has 0 spiro atoms. The van der Waals surface area contributed by atoms with Gasteiger partial charge in [-0.25, -0.2) is 9.78 Å². The van der Waals surface area contributed by atoms with Crippen molar-refractivity contribution in [1.29, 1.82) is 0 Å². The molecule has 1 rings (SSSR count). The van der Waals surface area contributed by atoms with Crippen LogP contribution in [0.1, 0.15) is 23.0 Å². The van der Waals surface area contributed by atoms with Crippen molar-refractivity contribution in [2.75, 3.05) is 13.7 Å². The number of esters is 1. The summed E-state index contributed by atoms with van der Waals surface area (Å²) in [6.07, 6.45) is -4.93. The van der Waals surface area contributed by atoms with Gasteiger partial charge < -0.3 is 19.9 Å². The molecule has 1 aromatic heterocycles. The number of aromatic nitrogens is 1. The molecule has 0 aliphatic carbocycles. The predicted octanol–water partition coefficient (Wildman–Crippen LogP) is 1.62. The van der Waals surface area contributed by atoms with Crippen molar-refractivity contribution in [3.05, 3.63) is 17.3 Å². The van der Waals surface area contributed by atoms with Gasteiger partial charge in [0, 0.05) is 12.6 Å². The van der Waals surface area contributed by atoms with Gasteiger partial charge in [0.25, 0.3) is 5.88 Å².